The first-order chi connectivity index (χ1) is 14.6. The van der Waals surface area contributed by atoms with E-state index in [1.807, 2.05) is 67.6 Å². The molecule has 8 heteroatoms. The molecule has 0 aliphatic rings. The maximum absolute atomic E-state index is 12.3. The van der Waals surface area contributed by atoms with Gasteiger partial charge in [-0.05, 0) is 48.9 Å². The zero-order valence-corrected chi connectivity index (χ0v) is 17.2. The Morgan fingerprint density at radius 3 is 2.53 bits per heavy atom. The highest BCUT2D eigenvalue weighted by molar-refractivity contribution is 6.30. The second-order valence-corrected chi connectivity index (χ2v) is 7.44. The molecular weight excluding hydrogens is 400 g/mol. The van der Waals surface area contributed by atoms with Crippen LogP contribution >= 0.6 is 11.6 Å². The number of carbonyl (C=O) groups is 1. The molecule has 152 valence electrons. The van der Waals surface area contributed by atoms with E-state index in [1.54, 1.807) is 4.52 Å². The fourth-order valence-corrected chi connectivity index (χ4v) is 3.09. The van der Waals surface area contributed by atoms with E-state index in [0.29, 0.717) is 41.7 Å². The first kappa shape index (κ1) is 19.8. The molecule has 7 nitrogen and oxygen atoms in total. The van der Waals surface area contributed by atoms with Gasteiger partial charge in [0.1, 0.15) is 5.82 Å². The van der Waals surface area contributed by atoms with Crippen molar-refractivity contribution in [3.63, 3.8) is 0 Å². The first-order valence-corrected chi connectivity index (χ1v) is 10.0. The Morgan fingerprint density at radius 1 is 1.00 bits per heavy atom. The molecule has 2 aromatic heterocycles. The molecule has 0 fully saturated rings. The smallest absolute Gasteiger partial charge is 0.224 e. The molecule has 0 aliphatic carbocycles. The molecule has 0 spiro atoms. The van der Waals surface area contributed by atoms with Crippen molar-refractivity contribution in [2.24, 2.45) is 0 Å². The topological polar surface area (TPSA) is 84.2 Å². The normalized spacial score (nSPS) is 10.9. The molecule has 0 unspecified atom stereocenters. The molecule has 2 N–H and O–H groups in total. The van der Waals surface area contributed by atoms with Gasteiger partial charge in [-0.2, -0.15) is 4.52 Å². The second-order valence-electron chi connectivity index (χ2n) is 7.00. The van der Waals surface area contributed by atoms with E-state index in [-0.39, 0.29) is 5.91 Å². The third kappa shape index (κ3) is 4.93. The van der Waals surface area contributed by atoms with Crippen LogP contribution in [0.2, 0.25) is 5.02 Å². The van der Waals surface area contributed by atoms with E-state index < -0.39 is 0 Å². The van der Waals surface area contributed by atoms with Crippen molar-refractivity contribution in [2.75, 3.05) is 10.6 Å². The van der Waals surface area contributed by atoms with Gasteiger partial charge in [-0.25, -0.2) is 0 Å². The number of halogens is 1. The number of rotatable bonds is 7. The maximum Gasteiger partial charge on any atom is 0.224 e. The summed E-state index contributed by atoms with van der Waals surface area (Å²) in [6.07, 6.45) is 0.727. The molecular formula is C22H21ClN6O. The summed E-state index contributed by atoms with van der Waals surface area (Å²) >= 11 is 5.92. The summed E-state index contributed by atoms with van der Waals surface area (Å²) in [7, 11) is 0. The van der Waals surface area contributed by atoms with Crippen LogP contribution < -0.4 is 10.6 Å². The van der Waals surface area contributed by atoms with Gasteiger partial charge in [-0.15, -0.1) is 15.3 Å². The van der Waals surface area contributed by atoms with Crippen LogP contribution in [0.3, 0.4) is 0 Å². The lowest BCUT2D eigenvalue weighted by atomic mass is 10.2. The number of fused-ring (bicyclic) bond motifs is 1. The van der Waals surface area contributed by atoms with Crippen molar-refractivity contribution in [2.45, 2.75) is 26.3 Å². The summed E-state index contributed by atoms with van der Waals surface area (Å²) in [5.74, 6) is 1.26. The zero-order valence-electron chi connectivity index (χ0n) is 16.5. The Balaban J connectivity index is 1.39. The van der Waals surface area contributed by atoms with Crippen LogP contribution in [-0.4, -0.2) is 25.7 Å². The summed E-state index contributed by atoms with van der Waals surface area (Å²) in [6, 6.07) is 19.0. The summed E-state index contributed by atoms with van der Waals surface area (Å²) in [5.41, 5.74) is 3.66. The lowest BCUT2D eigenvalue weighted by Gasteiger charge is -2.07. The molecule has 4 rings (SSSR count). The minimum absolute atomic E-state index is 0.0763. The average Bonchev–Trinajstić information content (AvgIpc) is 3.16. The number of nitrogens with zero attached hydrogens (tertiary/aromatic N) is 4. The second kappa shape index (κ2) is 8.92. The van der Waals surface area contributed by atoms with Gasteiger partial charge in [0.25, 0.3) is 0 Å². The summed E-state index contributed by atoms with van der Waals surface area (Å²) in [4.78, 5) is 12.3. The predicted octanol–water partition coefficient (Wildman–Crippen LogP) is 4.27. The van der Waals surface area contributed by atoms with Crippen LogP contribution in [0.4, 0.5) is 11.5 Å². The number of amides is 1. The Bertz CT molecular complexity index is 1150. The number of aromatic nitrogens is 4. The lowest BCUT2D eigenvalue weighted by molar-refractivity contribution is -0.116. The molecule has 0 saturated carbocycles. The third-order valence-electron chi connectivity index (χ3n) is 4.63. The summed E-state index contributed by atoms with van der Waals surface area (Å²) in [5, 5.41) is 19.8. The minimum atomic E-state index is -0.0763. The molecule has 0 radical (unpaired) electrons. The van der Waals surface area contributed by atoms with Crippen LogP contribution in [-0.2, 0) is 17.8 Å². The average molecular weight is 421 g/mol. The highest BCUT2D eigenvalue weighted by Crippen LogP contribution is 2.13. The number of anilines is 2. The van der Waals surface area contributed by atoms with E-state index >= 15 is 0 Å². The molecule has 0 atom stereocenters. The fourth-order valence-electron chi connectivity index (χ4n) is 2.96. The van der Waals surface area contributed by atoms with Gasteiger partial charge in [0.2, 0.25) is 5.91 Å². The van der Waals surface area contributed by atoms with Crippen LogP contribution in [0.15, 0.2) is 60.7 Å². The van der Waals surface area contributed by atoms with E-state index in [1.165, 1.54) is 0 Å². The van der Waals surface area contributed by atoms with Crippen molar-refractivity contribution in [3.8, 4) is 0 Å². The molecule has 0 aliphatic heterocycles. The van der Waals surface area contributed by atoms with Crippen molar-refractivity contribution in [3.05, 3.63) is 82.6 Å². The van der Waals surface area contributed by atoms with Gasteiger partial charge < -0.3 is 10.6 Å². The number of nitrogens with one attached hydrogen (secondary N) is 2. The standard InChI is InChI=1S/C22H21ClN6O/c1-15-2-8-18(9-3-15)25-22(30)13-12-21-27-26-20-11-10-19(28-29(20)21)24-14-16-4-6-17(23)7-5-16/h2-11H,12-14H2,1H3,(H,24,28)(H,25,30). The molecule has 4 aromatic rings. The largest absolute Gasteiger partial charge is 0.365 e. The van der Waals surface area contributed by atoms with E-state index in [0.717, 1.165) is 16.8 Å². The lowest BCUT2D eigenvalue weighted by Crippen LogP contribution is -2.13. The zero-order chi connectivity index (χ0) is 20.9. The molecule has 0 saturated heterocycles. The van der Waals surface area contributed by atoms with Crippen molar-refractivity contribution < 1.29 is 4.79 Å². The highest BCUT2D eigenvalue weighted by Gasteiger charge is 2.11. The van der Waals surface area contributed by atoms with Crippen LogP contribution in [0.25, 0.3) is 5.65 Å². The van der Waals surface area contributed by atoms with E-state index in [4.69, 9.17) is 11.6 Å². The molecule has 2 heterocycles. The maximum atomic E-state index is 12.3. The third-order valence-corrected chi connectivity index (χ3v) is 4.88. The quantitative estimate of drug-likeness (QED) is 0.466. The Labute approximate surface area is 179 Å². The molecule has 2 aromatic carbocycles. The van der Waals surface area contributed by atoms with Gasteiger partial charge in [0, 0.05) is 30.1 Å². The Kier molecular flexibility index (Phi) is 5.90. The highest BCUT2D eigenvalue weighted by atomic mass is 35.5. The Hall–Kier alpha value is -3.45. The van der Waals surface area contributed by atoms with Crippen molar-refractivity contribution >= 4 is 34.7 Å². The van der Waals surface area contributed by atoms with Crippen molar-refractivity contribution in [1.29, 1.82) is 0 Å². The molecule has 1 amide bonds. The van der Waals surface area contributed by atoms with Crippen LogP contribution in [0, 0.1) is 6.92 Å². The van der Waals surface area contributed by atoms with Gasteiger partial charge in [0.05, 0.1) is 0 Å². The number of carbonyl (C=O) groups excluding carboxylic acids is 1. The molecule has 30 heavy (non-hydrogen) atoms. The van der Waals surface area contributed by atoms with Crippen LogP contribution in [0.5, 0.6) is 0 Å². The minimum Gasteiger partial charge on any atom is -0.365 e. The summed E-state index contributed by atoms with van der Waals surface area (Å²) < 4.78 is 1.67. The number of hydrogen-bond acceptors (Lipinski definition) is 5. The molecule has 0 bridgehead atoms. The van der Waals surface area contributed by atoms with Gasteiger partial charge in [-0.3, -0.25) is 4.79 Å². The monoisotopic (exact) mass is 420 g/mol. The number of hydrogen-bond donors (Lipinski definition) is 2. The van der Waals surface area contributed by atoms with Gasteiger partial charge >= 0.3 is 0 Å². The van der Waals surface area contributed by atoms with Gasteiger partial charge in [-0.1, -0.05) is 41.4 Å². The number of aryl methyl sites for hydroxylation is 2. The first-order valence-electron chi connectivity index (χ1n) is 9.63. The fraction of sp³-hybridized carbons (Fsp3) is 0.182. The number of benzene rings is 2. The predicted molar refractivity (Wildman–Crippen MR) is 118 cm³/mol. The summed E-state index contributed by atoms with van der Waals surface area (Å²) in [6.45, 7) is 2.62. The van der Waals surface area contributed by atoms with Crippen molar-refractivity contribution in [1.82, 2.24) is 19.8 Å². The Morgan fingerprint density at radius 2 is 1.77 bits per heavy atom. The van der Waals surface area contributed by atoms with Gasteiger partial charge in [0.15, 0.2) is 11.5 Å². The SMILES string of the molecule is Cc1ccc(NC(=O)CCc2nnc3ccc(NCc4ccc(Cl)cc4)nn23)cc1. The van der Waals surface area contributed by atoms with E-state index in [2.05, 4.69) is 25.9 Å². The van der Waals surface area contributed by atoms with E-state index in [9.17, 15) is 4.79 Å². The van der Waals surface area contributed by atoms with Crippen LogP contribution in [0.1, 0.15) is 23.4 Å².